The van der Waals surface area contributed by atoms with Crippen LogP contribution < -0.4 is 10.3 Å². The van der Waals surface area contributed by atoms with Gasteiger partial charge in [-0.1, -0.05) is 12.1 Å². The predicted molar refractivity (Wildman–Crippen MR) is 86.7 cm³/mol. The van der Waals surface area contributed by atoms with E-state index in [2.05, 4.69) is 22.0 Å². The first-order valence-electron chi connectivity index (χ1n) is 7.66. The molecule has 0 radical (unpaired) electrons. The summed E-state index contributed by atoms with van der Waals surface area (Å²) < 4.78 is 10.9. The number of ether oxygens (including phenoxy) is 1. The Morgan fingerprint density at radius 2 is 2.13 bits per heavy atom. The van der Waals surface area contributed by atoms with E-state index >= 15 is 0 Å². The molecule has 0 amide bonds. The van der Waals surface area contributed by atoms with Crippen molar-refractivity contribution in [1.82, 2.24) is 15.1 Å². The zero-order valence-corrected chi connectivity index (χ0v) is 13.5. The highest BCUT2D eigenvalue weighted by Crippen LogP contribution is 2.27. The molecule has 0 saturated heterocycles. The Bertz CT molecular complexity index is 896. The summed E-state index contributed by atoms with van der Waals surface area (Å²) in [5.74, 6) is 1.84. The number of aromatic nitrogens is 3. The average Bonchev–Trinajstić information content (AvgIpc) is 2.95. The van der Waals surface area contributed by atoms with Gasteiger partial charge in [-0.15, -0.1) is 0 Å². The molecule has 2 heterocycles. The molecule has 0 aliphatic heterocycles. The first kappa shape index (κ1) is 15.3. The maximum absolute atomic E-state index is 11.7. The standard InChI is InChI=1S/C17H19N3O3/c1-4-5-16-18-14(20-23-16)9-22-13-7-6-12-10(2)8-15(21)19-17(12)11(13)3/h6-8H,4-5,9H2,1-3H3,(H,19,21). The molecular weight excluding hydrogens is 294 g/mol. The zero-order valence-electron chi connectivity index (χ0n) is 13.5. The maximum atomic E-state index is 11.7. The van der Waals surface area contributed by atoms with Crippen LogP contribution in [0.15, 0.2) is 27.5 Å². The Labute approximate surface area is 133 Å². The summed E-state index contributed by atoms with van der Waals surface area (Å²) >= 11 is 0. The maximum Gasteiger partial charge on any atom is 0.248 e. The van der Waals surface area contributed by atoms with Crippen LogP contribution >= 0.6 is 0 Å². The number of aromatic amines is 1. The first-order chi connectivity index (χ1) is 11.1. The molecule has 0 atom stereocenters. The second-order valence-electron chi connectivity index (χ2n) is 5.57. The van der Waals surface area contributed by atoms with Gasteiger partial charge in [0.1, 0.15) is 5.75 Å². The minimum atomic E-state index is -0.113. The Balaban J connectivity index is 1.85. The predicted octanol–water partition coefficient (Wildman–Crippen LogP) is 3.06. The van der Waals surface area contributed by atoms with Crippen LogP contribution in [0.3, 0.4) is 0 Å². The van der Waals surface area contributed by atoms with Crippen molar-refractivity contribution < 1.29 is 9.26 Å². The summed E-state index contributed by atoms with van der Waals surface area (Å²) in [5, 5.41) is 4.91. The SMILES string of the molecule is CCCc1nc(COc2ccc3c(C)cc(=O)[nH]c3c2C)no1. The van der Waals surface area contributed by atoms with Gasteiger partial charge in [-0.2, -0.15) is 4.98 Å². The van der Waals surface area contributed by atoms with Crippen LogP contribution in [0.25, 0.3) is 10.9 Å². The summed E-state index contributed by atoms with van der Waals surface area (Å²) in [6, 6.07) is 5.44. The molecule has 0 aliphatic rings. The van der Waals surface area contributed by atoms with E-state index < -0.39 is 0 Å². The molecule has 1 aromatic carbocycles. The van der Waals surface area contributed by atoms with Gasteiger partial charge < -0.3 is 14.2 Å². The minimum absolute atomic E-state index is 0.113. The van der Waals surface area contributed by atoms with E-state index in [0.717, 1.165) is 34.9 Å². The van der Waals surface area contributed by atoms with Crippen LogP contribution in [0.4, 0.5) is 0 Å². The lowest BCUT2D eigenvalue weighted by Crippen LogP contribution is -2.07. The van der Waals surface area contributed by atoms with E-state index in [1.54, 1.807) is 6.07 Å². The van der Waals surface area contributed by atoms with Crippen molar-refractivity contribution in [3.05, 3.63) is 51.4 Å². The minimum Gasteiger partial charge on any atom is -0.485 e. The summed E-state index contributed by atoms with van der Waals surface area (Å²) in [6.45, 7) is 6.13. The fourth-order valence-corrected chi connectivity index (χ4v) is 2.58. The number of hydrogen-bond donors (Lipinski definition) is 1. The van der Waals surface area contributed by atoms with E-state index in [9.17, 15) is 4.79 Å². The monoisotopic (exact) mass is 313 g/mol. The second-order valence-corrected chi connectivity index (χ2v) is 5.57. The number of rotatable bonds is 5. The topological polar surface area (TPSA) is 81.0 Å². The van der Waals surface area contributed by atoms with E-state index in [-0.39, 0.29) is 12.2 Å². The van der Waals surface area contributed by atoms with Crippen molar-refractivity contribution in [1.29, 1.82) is 0 Å². The fourth-order valence-electron chi connectivity index (χ4n) is 2.58. The highest BCUT2D eigenvalue weighted by Gasteiger charge is 2.10. The summed E-state index contributed by atoms with van der Waals surface area (Å²) in [6.07, 6.45) is 1.72. The third kappa shape index (κ3) is 3.11. The van der Waals surface area contributed by atoms with Gasteiger partial charge >= 0.3 is 0 Å². The Hall–Kier alpha value is -2.63. The van der Waals surface area contributed by atoms with Crippen molar-refractivity contribution in [2.45, 2.75) is 40.2 Å². The number of benzene rings is 1. The molecule has 0 saturated carbocycles. The largest absolute Gasteiger partial charge is 0.485 e. The Kier molecular flexibility index (Phi) is 4.14. The van der Waals surface area contributed by atoms with Gasteiger partial charge in [0.15, 0.2) is 6.61 Å². The normalized spacial score (nSPS) is 11.1. The van der Waals surface area contributed by atoms with Gasteiger partial charge in [0.25, 0.3) is 0 Å². The highest BCUT2D eigenvalue weighted by molar-refractivity contribution is 5.86. The molecule has 3 aromatic rings. The molecule has 0 unspecified atom stereocenters. The zero-order chi connectivity index (χ0) is 16.4. The van der Waals surface area contributed by atoms with Crippen LogP contribution in [0.2, 0.25) is 0 Å². The summed E-state index contributed by atoms with van der Waals surface area (Å²) in [5.41, 5.74) is 2.52. The third-order valence-corrected chi connectivity index (χ3v) is 3.77. The van der Waals surface area contributed by atoms with Crippen molar-refractivity contribution in [3.63, 3.8) is 0 Å². The molecule has 120 valence electrons. The Morgan fingerprint density at radius 1 is 1.30 bits per heavy atom. The number of aryl methyl sites for hydroxylation is 3. The molecule has 0 aliphatic carbocycles. The second kappa shape index (κ2) is 6.24. The lowest BCUT2D eigenvalue weighted by Gasteiger charge is -2.11. The van der Waals surface area contributed by atoms with Gasteiger partial charge in [0, 0.05) is 23.4 Å². The lowest BCUT2D eigenvalue weighted by molar-refractivity contribution is 0.283. The molecule has 1 N–H and O–H groups in total. The number of hydrogen-bond acceptors (Lipinski definition) is 5. The number of nitrogens with one attached hydrogen (secondary N) is 1. The number of fused-ring (bicyclic) bond motifs is 1. The molecule has 23 heavy (non-hydrogen) atoms. The van der Waals surface area contributed by atoms with Crippen molar-refractivity contribution in [3.8, 4) is 5.75 Å². The average molecular weight is 313 g/mol. The quantitative estimate of drug-likeness (QED) is 0.783. The van der Waals surface area contributed by atoms with Crippen LogP contribution in [0, 0.1) is 13.8 Å². The summed E-state index contributed by atoms with van der Waals surface area (Å²) in [7, 11) is 0. The third-order valence-electron chi connectivity index (χ3n) is 3.77. The van der Waals surface area contributed by atoms with E-state index in [1.165, 1.54) is 0 Å². The van der Waals surface area contributed by atoms with Gasteiger partial charge in [-0.25, -0.2) is 0 Å². The van der Waals surface area contributed by atoms with Gasteiger partial charge in [-0.05, 0) is 38.0 Å². The van der Waals surface area contributed by atoms with E-state index in [0.29, 0.717) is 17.5 Å². The highest BCUT2D eigenvalue weighted by atomic mass is 16.5. The Morgan fingerprint density at radius 3 is 2.91 bits per heavy atom. The van der Waals surface area contributed by atoms with Crippen LogP contribution in [-0.4, -0.2) is 15.1 Å². The van der Waals surface area contributed by atoms with Gasteiger partial charge in [-0.3, -0.25) is 4.79 Å². The van der Waals surface area contributed by atoms with Crippen LogP contribution in [0.5, 0.6) is 5.75 Å². The lowest BCUT2D eigenvalue weighted by atomic mass is 10.1. The molecule has 0 bridgehead atoms. The molecule has 0 spiro atoms. The molecular formula is C17H19N3O3. The van der Waals surface area contributed by atoms with E-state index in [1.807, 2.05) is 26.0 Å². The van der Waals surface area contributed by atoms with E-state index in [4.69, 9.17) is 9.26 Å². The number of pyridine rings is 1. The van der Waals surface area contributed by atoms with Gasteiger partial charge in [0.05, 0.1) is 5.52 Å². The molecule has 6 heteroatoms. The molecule has 2 aromatic heterocycles. The summed E-state index contributed by atoms with van der Waals surface area (Å²) in [4.78, 5) is 18.8. The van der Waals surface area contributed by atoms with Crippen LogP contribution in [0.1, 0.15) is 36.2 Å². The fraction of sp³-hybridized carbons (Fsp3) is 0.353. The smallest absolute Gasteiger partial charge is 0.248 e. The molecule has 3 rings (SSSR count). The molecule has 6 nitrogen and oxygen atoms in total. The molecule has 0 fully saturated rings. The van der Waals surface area contributed by atoms with Gasteiger partial charge in [0.2, 0.25) is 17.3 Å². The number of nitrogens with zero attached hydrogens (tertiary/aromatic N) is 2. The van der Waals surface area contributed by atoms with Crippen LogP contribution in [-0.2, 0) is 13.0 Å². The number of H-pyrrole nitrogens is 1. The van der Waals surface area contributed by atoms with Crippen molar-refractivity contribution in [2.24, 2.45) is 0 Å². The first-order valence-corrected chi connectivity index (χ1v) is 7.66. The van der Waals surface area contributed by atoms with Crippen molar-refractivity contribution in [2.75, 3.05) is 0 Å². The van der Waals surface area contributed by atoms with Crippen molar-refractivity contribution >= 4 is 10.9 Å².